The Labute approximate surface area is 102 Å². The standard InChI is InChI=1S/C11H21NO5/c1-3-15-10(16-4-2)7-12-11(13)9-8-14-5-6-17-9/h9-10H,3-8H2,1-2H3,(H,12,13). The molecule has 1 fully saturated rings. The molecule has 1 rings (SSSR count). The Hall–Kier alpha value is -0.690. The second kappa shape index (κ2) is 8.41. The maximum absolute atomic E-state index is 11.7. The number of ether oxygens (including phenoxy) is 4. The number of hydrogen-bond acceptors (Lipinski definition) is 5. The first-order chi connectivity index (χ1) is 8.27. The summed E-state index contributed by atoms with van der Waals surface area (Å²) in [6.07, 6.45) is -0.925. The fourth-order valence-corrected chi connectivity index (χ4v) is 1.47. The van der Waals surface area contributed by atoms with Crippen LogP contribution in [0.5, 0.6) is 0 Å². The molecular formula is C11H21NO5. The number of carbonyl (C=O) groups is 1. The van der Waals surface area contributed by atoms with Gasteiger partial charge < -0.3 is 24.3 Å². The Morgan fingerprint density at radius 1 is 1.35 bits per heavy atom. The molecule has 1 atom stereocenters. The van der Waals surface area contributed by atoms with Gasteiger partial charge in [-0.1, -0.05) is 0 Å². The molecule has 0 aromatic carbocycles. The van der Waals surface area contributed by atoms with E-state index >= 15 is 0 Å². The fraction of sp³-hybridized carbons (Fsp3) is 0.909. The number of nitrogens with one attached hydrogen (secondary N) is 1. The number of amides is 1. The summed E-state index contributed by atoms with van der Waals surface area (Å²) in [6, 6.07) is 0. The molecule has 6 nitrogen and oxygen atoms in total. The maximum Gasteiger partial charge on any atom is 0.251 e. The van der Waals surface area contributed by atoms with Crippen molar-refractivity contribution >= 4 is 5.91 Å². The summed E-state index contributed by atoms with van der Waals surface area (Å²) in [7, 11) is 0. The predicted octanol–water partition coefficient (Wildman–Crippen LogP) is -0.0829. The molecule has 1 aliphatic heterocycles. The van der Waals surface area contributed by atoms with Crippen LogP contribution in [0, 0.1) is 0 Å². The zero-order chi connectivity index (χ0) is 12.5. The summed E-state index contributed by atoms with van der Waals surface area (Å²) < 4.78 is 21.1. The van der Waals surface area contributed by atoms with Gasteiger partial charge in [0.2, 0.25) is 0 Å². The first-order valence-electron chi connectivity index (χ1n) is 5.98. The largest absolute Gasteiger partial charge is 0.376 e. The minimum Gasteiger partial charge on any atom is -0.376 e. The van der Waals surface area contributed by atoms with E-state index in [1.165, 1.54) is 0 Å². The van der Waals surface area contributed by atoms with E-state index in [0.717, 1.165) is 0 Å². The fourth-order valence-electron chi connectivity index (χ4n) is 1.47. The minimum absolute atomic E-state index is 0.186. The first kappa shape index (κ1) is 14.4. The molecule has 6 heteroatoms. The van der Waals surface area contributed by atoms with Crippen LogP contribution in [0.25, 0.3) is 0 Å². The smallest absolute Gasteiger partial charge is 0.251 e. The summed E-state index contributed by atoms with van der Waals surface area (Å²) >= 11 is 0. The highest BCUT2D eigenvalue weighted by molar-refractivity contribution is 5.80. The van der Waals surface area contributed by atoms with Crippen molar-refractivity contribution in [2.45, 2.75) is 26.2 Å². The molecule has 0 bridgehead atoms. The zero-order valence-electron chi connectivity index (χ0n) is 10.4. The van der Waals surface area contributed by atoms with Crippen molar-refractivity contribution in [1.29, 1.82) is 0 Å². The van der Waals surface area contributed by atoms with Crippen molar-refractivity contribution in [1.82, 2.24) is 5.32 Å². The summed E-state index contributed by atoms with van der Waals surface area (Å²) in [5.74, 6) is -0.186. The normalized spacial score (nSPS) is 20.5. The highest BCUT2D eigenvalue weighted by atomic mass is 16.7. The van der Waals surface area contributed by atoms with Crippen molar-refractivity contribution in [2.75, 3.05) is 39.6 Å². The third-order valence-electron chi connectivity index (χ3n) is 2.26. The summed E-state index contributed by atoms with van der Waals surface area (Å²) in [5, 5.41) is 2.73. The molecule has 0 radical (unpaired) electrons. The summed E-state index contributed by atoms with van der Waals surface area (Å²) in [6.45, 7) is 6.48. The lowest BCUT2D eigenvalue weighted by atomic mass is 10.3. The second-order valence-electron chi connectivity index (χ2n) is 3.52. The van der Waals surface area contributed by atoms with E-state index in [1.54, 1.807) is 0 Å². The molecule has 0 spiro atoms. The van der Waals surface area contributed by atoms with Crippen LogP contribution in [-0.2, 0) is 23.7 Å². The lowest BCUT2D eigenvalue weighted by Crippen LogP contribution is -2.45. The van der Waals surface area contributed by atoms with Crippen molar-refractivity contribution in [3.05, 3.63) is 0 Å². The molecule has 1 N–H and O–H groups in total. The van der Waals surface area contributed by atoms with Gasteiger partial charge in [-0.05, 0) is 13.8 Å². The zero-order valence-corrected chi connectivity index (χ0v) is 10.4. The number of rotatable bonds is 7. The molecule has 1 heterocycles. The van der Waals surface area contributed by atoms with Crippen LogP contribution in [0.2, 0.25) is 0 Å². The number of carbonyl (C=O) groups excluding carboxylic acids is 1. The first-order valence-corrected chi connectivity index (χ1v) is 5.98. The van der Waals surface area contributed by atoms with Crippen LogP contribution in [0.1, 0.15) is 13.8 Å². The SMILES string of the molecule is CCOC(CNC(=O)C1COCCO1)OCC. The summed E-state index contributed by atoms with van der Waals surface area (Å²) in [4.78, 5) is 11.7. The highest BCUT2D eigenvalue weighted by Crippen LogP contribution is 2.01. The quantitative estimate of drug-likeness (QED) is 0.637. The lowest BCUT2D eigenvalue weighted by molar-refractivity contribution is -0.155. The molecule has 0 saturated carbocycles. The van der Waals surface area contributed by atoms with E-state index < -0.39 is 12.4 Å². The van der Waals surface area contributed by atoms with Gasteiger partial charge in [-0.2, -0.15) is 0 Å². The monoisotopic (exact) mass is 247 g/mol. The molecule has 0 aliphatic carbocycles. The van der Waals surface area contributed by atoms with Crippen LogP contribution in [0.15, 0.2) is 0 Å². The Morgan fingerprint density at radius 3 is 2.59 bits per heavy atom. The third kappa shape index (κ3) is 5.45. The van der Waals surface area contributed by atoms with Crippen LogP contribution in [-0.4, -0.2) is 57.9 Å². The van der Waals surface area contributed by atoms with Gasteiger partial charge in [0.15, 0.2) is 12.4 Å². The van der Waals surface area contributed by atoms with E-state index in [0.29, 0.717) is 39.6 Å². The van der Waals surface area contributed by atoms with Gasteiger partial charge in [0.25, 0.3) is 5.91 Å². The van der Waals surface area contributed by atoms with E-state index in [9.17, 15) is 4.79 Å². The van der Waals surface area contributed by atoms with Crippen molar-refractivity contribution in [2.24, 2.45) is 0 Å². The van der Waals surface area contributed by atoms with Gasteiger partial charge in [-0.25, -0.2) is 0 Å². The lowest BCUT2D eigenvalue weighted by Gasteiger charge is -2.23. The van der Waals surface area contributed by atoms with E-state index in [4.69, 9.17) is 18.9 Å². The minimum atomic E-state index is -0.521. The second-order valence-corrected chi connectivity index (χ2v) is 3.52. The Bertz CT molecular complexity index is 212. The van der Waals surface area contributed by atoms with Crippen molar-refractivity contribution < 1.29 is 23.7 Å². The third-order valence-corrected chi connectivity index (χ3v) is 2.26. The Morgan fingerprint density at radius 2 is 2.06 bits per heavy atom. The summed E-state index contributed by atoms with van der Waals surface area (Å²) in [5.41, 5.74) is 0. The highest BCUT2D eigenvalue weighted by Gasteiger charge is 2.23. The van der Waals surface area contributed by atoms with E-state index in [-0.39, 0.29) is 5.91 Å². The van der Waals surface area contributed by atoms with Crippen molar-refractivity contribution in [3.8, 4) is 0 Å². The van der Waals surface area contributed by atoms with Gasteiger partial charge in [0.05, 0.1) is 26.4 Å². The molecule has 100 valence electrons. The molecule has 1 aliphatic rings. The molecular weight excluding hydrogens is 226 g/mol. The predicted molar refractivity (Wildman–Crippen MR) is 60.6 cm³/mol. The Balaban J connectivity index is 2.24. The molecule has 0 aromatic rings. The average molecular weight is 247 g/mol. The van der Waals surface area contributed by atoms with Crippen LogP contribution >= 0.6 is 0 Å². The maximum atomic E-state index is 11.7. The number of hydrogen-bond donors (Lipinski definition) is 1. The van der Waals surface area contributed by atoms with Crippen LogP contribution in [0.3, 0.4) is 0 Å². The molecule has 1 amide bonds. The van der Waals surface area contributed by atoms with E-state index in [1.807, 2.05) is 13.8 Å². The van der Waals surface area contributed by atoms with E-state index in [2.05, 4.69) is 5.32 Å². The van der Waals surface area contributed by atoms with Gasteiger partial charge in [0, 0.05) is 13.2 Å². The van der Waals surface area contributed by atoms with Gasteiger partial charge >= 0.3 is 0 Å². The molecule has 1 unspecified atom stereocenters. The Kier molecular flexibility index (Phi) is 7.11. The van der Waals surface area contributed by atoms with Gasteiger partial charge in [0.1, 0.15) is 0 Å². The van der Waals surface area contributed by atoms with Crippen LogP contribution in [0.4, 0.5) is 0 Å². The molecule has 0 aromatic heterocycles. The topological polar surface area (TPSA) is 66.0 Å². The van der Waals surface area contributed by atoms with Gasteiger partial charge in [-0.15, -0.1) is 0 Å². The van der Waals surface area contributed by atoms with Crippen molar-refractivity contribution in [3.63, 3.8) is 0 Å². The van der Waals surface area contributed by atoms with Crippen LogP contribution < -0.4 is 5.32 Å². The molecule has 17 heavy (non-hydrogen) atoms. The van der Waals surface area contributed by atoms with Gasteiger partial charge in [-0.3, -0.25) is 4.79 Å². The molecule has 1 saturated heterocycles. The average Bonchev–Trinajstić information content (AvgIpc) is 2.37.